The van der Waals surface area contributed by atoms with Gasteiger partial charge in [0.2, 0.25) is 0 Å². The number of ether oxygens (including phenoxy) is 1. The second-order valence-corrected chi connectivity index (χ2v) is 3.58. The Morgan fingerprint density at radius 3 is 2.89 bits per heavy atom. The lowest BCUT2D eigenvalue weighted by molar-refractivity contribution is 0.0529. The van der Waals surface area contributed by atoms with E-state index in [2.05, 4.69) is 0 Å². The molecule has 1 aromatic heterocycles. The summed E-state index contributed by atoms with van der Waals surface area (Å²) in [7, 11) is 0. The summed E-state index contributed by atoms with van der Waals surface area (Å²) in [4.78, 5) is 23.3. The number of hydrogen-bond donors (Lipinski definition) is 2. The van der Waals surface area contributed by atoms with Crippen LogP contribution >= 0.6 is 0 Å². The SMILES string of the molecule is CCOC(=O)c1c(N)c(=O)oc2ccc(O)cc12. The Bertz CT molecular complexity index is 674. The van der Waals surface area contributed by atoms with Crippen molar-refractivity contribution in [3.05, 3.63) is 34.2 Å². The molecule has 1 aromatic carbocycles. The average Bonchev–Trinajstić information content (AvgIpc) is 2.31. The standard InChI is InChI=1S/C12H11NO5/c1-2-17-11(15)9-7-5-6(14)3-4-8(7)18-12(16)10(9)13/h3-5,14H,2,13H2,1H3. The fraction of sp³-hybridized carbons (Fsp3) is 0.167. The molecule has 94 valence electrons. The summed E-state index contributed by atoms with van der Waals surface area (Å²) < 4.78 is 9.75. The van der Waals surface area contributed by atoms with Gasteiger partial charge in [0, 0.05) is 5.39 Å². The Kier molecular flexibility index (Phi) is 2.93. The number of nitrogen functional groups attached to an aromatic ring is 1. The Labute approximate surface area is 102 Å². The van der Waals surface area contributed by atoms with Crippen molar-refractivity contribution in [1.29, 1.82) is 0 Å². The third-order valence-electron chi connectivity index (χ3n) is 2.40. The number of nitrogens with two attached hydrogens (primary N) is 1. The van der Waals surface area contributed by atoms with Crippen LogP contribution in [0.15, 0.2) is 27.4 Å². The van der Waals surface area contributed by atoms with Crippen LogP contribution in [-0.2, 0) is 4.74 Å². The van der Waals surface area contributed by atoms with Gasteiger partial charge in [0.15, 0.2) is 0 Å². The fourth-order valence-corrected chi connectivity index (χ4v) is 1.63. The van der Waals surface area contributed by atoms with E-state index in [-0.39, 0.29) is 34.6 Å². The van der Waals surface area contributed by atoms with Gasteiger partial charge >= 0.3 is 11.6 Å². The third-order valence-corrected chi connectivity index (χ3v) is 2.40. The number of phenols is 1. The lowest BCUT2D eigenvalue weighted by Crippen LogP contribution is -2.16. The molecule has 6 nitrogen and oxygen atoms in total. The fourth-order valence-electron chi connectivity index (χ4n) is 1.63. The Hall–Kier alpha value is -2.50. The number of esters is 1. The minimum atomic E-state index is -0.809. The summed E-state index contributed by atoms with van der Waals surface area (Å²) in [6.07, 6.45) is 0. The molecule has 0 saturated carbocycles. The van der Waals surface area contributed by atoms with Gasteiger partial charge in [-0.15, -0.1) is 0 Å². The van der Waals surface area contributed by atoms with Crippen LogP contribution in [0.2, 0.25) is 0 Å². The minimum Gasteiger partial charge on any atom is -0.508 e. The first-order chi connectivity index (χ1) is 8.54. The number of fused-ring (bicyclic) bond motifs is 1. The normalized spacial score (nSPS) is 10.5. The summed E-state index contributed by atoms with van der Waals surface area (Å²) in [6.45, 7) is 1.79. The van der Waals surface area contributed by atoms with Gasteiger partial charge in [0.1, 0.15) is 22.6 Å². The maximum absolute atomic E-state index is 11.8. The van der Waals surface area contributed by atoms with E-state index in [1.165, 1.54) is 18.2 Å². The molecule has 0 amide bonds. The molecule has 0 unspecified atom stereocenters. The van der Waals surface area contributed by atoms with Gasteiger partial charge in [-0.25, -0.2) is 9.59 Å². The molecule has 2 aromatic rings. The van der Waals surface area contributed by atoms with Gasteiger partial charge in [-0.1, -0.05) is 0 Å². The molecule has 6 heteroatoms. The molecule has 0 aliphatic heterocycles. The maximum Gasteiger partial charge on any atom is 0.360 e. The van der Waals surface area contributed by atoms with E-state index < -0.39 is 11.6 Å². The Balaban J connectivity index is 2.82. The van der Waals surface area contributed by atoms with Crippen LogP contribution in [0.25, 0.3) is 11.0 Å². The third kappa shape index (κ3) is 1.88. The molecular weight excluding hydrogens is 238 g/mol. The summed E-state index contributed by atoms with van der Waals surface area (Å²) in [6, 6.07) is 4.02. The first kappa shape index (κ1) is 12.0. The highest BCUT2D eigenvalue weighted by molar-refractivity contribution is 6.07. The van der Waals surface area contributed by atoms with Crippen LogP contribution in [0.1, 0.15) is 17.3 Å². The summed E-state index contributed by atoms with van der Waals surface area (Å²) in [5.41, 5.74) is 4.48. The topological polar surface area (TPSA) is 103 Å². The van der Waals surface area contributed by atoms with Crippen molar-refractivity contribution >= 4 is 22.6 Å². The second-order valence-electron chi connectivity index (χ2n) is 3.58. The highest BCUT2D eigenvalue weighted by atomic mass is 16.5. The van der Waals surface area contributed by atoms with E-state index in [4.69, 9.17) is 14.9 Å². The summed E-state index contributed by atoms with van der Waals surface area (Å²) in [5.74, 6) is -0.792. The van der Waals surface area contributed by atoms with E-state index in [1.54, 1.807) is 6.92 Å². The lowest BCUT2D eigenvalue weighted by Gasteiger charge is -2.07. The molecule has 2 rings (SSSR count). The van der Waals surface area contributed by atoms with Crippen molar-refractivity contribution in [2.45, 2.75) is 6.92 Å². The van der Waals surface area contributed by atoms with Crippen molar-refractivity contribution in [2.75, 3.05) is 12.3 Å². The number of hydrogen-bond acceptors (Lipinski definition) is 6. The second kappa shape index (κ2) is 4.40. The molecule has 0 atom stereocenters. The van der Waals surface area contributed by atoms with Crippen LogP contribution in [0.3, 0.4) is 0 Å². The summed E-state index contributed by atoms with van der Waals surface area (Å²) in [5, 5.41) is 9.66. The molecular formula is C12H11NO5. The van der Waals surface area contributed by atoms with E-state index in [1.807, 2.05) is 0 Å². The van der Waals surface area contributed by atoms with Crippen LogP contribution in [0, 0.1) is 0 Å². The van der Waals surface area contributed by atoms with Crippen LogP contribution in [-0.4, -0.2) is 17.7 Å². The van der Waals surface area contributed by atoms with Crippen LogP contribution in [0.4, 0.5) is 5.69 Å². The quantitative estimate of drug-likeness (QED) is 0.613. The van der Waals surface area contributed by atoms with E-state index in [0.717, 1.165) is 0 Å². The first-order valence-electron chi connectivity index (χ1n) is 5.27. The number of anilines is 1. The highest BCUT2D eigenvalue weighted by Crippen LogP contribution is 2.25. The monoisotopic (exact) mass is 249 g/mol. The van der Waals surface area contributed by atoms with Gasteiger partial charge in [0.25, 0.3) is 0 Å². The van der Waals surface area contributed by atoms with Crippen molar-refractivity contribution in [1.82, 2.24) is 0 Å². The van der Waals surface area contributed by atoms with E-state index in [0.29, 0.717) is 0 Å². The summed E-state index contributed by atoms with van der Waals surface area (Å²) >= 11 is 0. The number of rotatable bonds is 2. The van der Waals surface area contributed by atoms with Gasteiger partial charge in [-0.05, 0) is 25.1 Å². The largest absolute Gasteiger partial charge is 0.508 e. The zero-order valence-electron chi connectivity index (χ0n) is 9.60. The van der Waals surface area contributed by atoms with Crippen molar-refractivity contribution in [3.63, 3.8) is 0 Å². The van der Waals surface area contributed by atoms with E-state index in [9.17, 15) is 14.7 Å². The predicted octanol–water partition coefficient (Wildman–Crippen LogP) is 1.26. The highest BCUT2D eigenvalue weighted by Gasteiger charge is 2.20. The number of benzene rings is 1. The molecule has 3 N–H and O–H groups in total. The zero-order valence-corrected chi connectivity index (χ0v) is 9.60. The molecule has 18 heavy (non-hydrogen) atoms. The van der Waals surface area contributed by atoms with E-state index >= 15 is 0 Å². The molecule has 0 fully saturated rings. The molecule has 0 aliphatic rings. The average molecular weight is 249 g/mol. The van der Waals surface area contributed by atoms with Crippen LogP contribution in [0.5, 0.6) is 5.75 Å². The number of phenolic OH excluding ortho intramolecular Hbond substituents is 1. The molecule has 0 radical (unpaired) electrons. The number of carbonyl (C=O) groups is 1. The predicted molar refractivity (Wildman–Crippen MR) is 64.5 cm³/mol. The van der Waals surface area contributed by atoms with Gasteiger partial charge in [-0.3, -0.25) is 0 Å². The number of carbonyl (C=O) groups excluding carboxylic acids is 1. The lowest BCUT2D eigenvalue weighted by atomic mass is 10.1. The Morgan fingerprint density at radius 1 is 1.50 bits per heavy atom. The van der Waals surface area contributed by atoms with Crippen molar-refractivity contribution in [2.24, 2.45) is 0 Å². The van der Waals surface area contributed by atoms with Crippen LogP contribution < -0.4 is 11.4 Å². The van der Waals surface area contributed by atoms with Gasteiger partial charge < -0.3 is 20.0 Å². The molecule has 0 bridgehead atoms. The molecule has 0 aliphatic carbocycles. The smallest absolute Gasteiger partial charge is 0.360 e. The van der Waals surface area contributed by atoms with Gasteiger partial charge in [-0.2, -0.15) is 0 Å². The van der Waals surface area contributed by atoms with Crippen molar-refractivity contribution < 1.29 is 19.1 Å². The van der Waals surface area contributed by atoms with Crippen molar-refractivity contribution in [3.8, 4) is 5.75 Å². The molecule has 1 heterocycles. The molecule has 0 saturated heterocycles. The minimum absolute atomic E-state index is 0.0682. The zero-order chi connectivity index (χ0) is 13.3. The first-order valence-corrected chi connectivity index (χ1v) is 5.27. The Morgan fingerprint density at radius 2 is 2.22 bits per heavy atom. The number of aromatic hydroxyl groups is 1. The van der Waals surface area contributed by atoms with Gasteiger partial charge in [0.05, 0.1) is 6.61 Å². The maximum atomic E-state index is 11.8. The molecule has 0 spiro atoms.